The fourth-order valence-electron chi connectivity index (χ4n) is 2.99. The number of rotatable bonds is 2. The van der Waals surface area contributed by atoms with E-state index in [1.165, 1.54) is 0 Å². The molecule has 0 radical (unpaired) electrons. The van der Waals surface area contributed by atoms with Crippen LogP contribution >= 0.6 is 0 Å². The molecule has 1 fully saturated rings. The molecule has 0 saturated carbocycles. The molecule has 0 atom stereocenters. The van der Waals surface area contributed by atoms with E-state index in [4.69, 9.17) is 19.5 Å². The van der Waals surface area contributed by atoms with Crippen LogP contribution in [0.5, 0.6) is 0 Å². The summed E-state index contributed by atoms with van der Waals surface area (Å²) in [5, 5.41) is 1.00. The molecule has 5 heteroatoms. The SMILES string of the molecule is CC1(C)OB(c2ccc(-c3cc4cc(N)ccc4o3)cc2)OC1(C)C. The van der Waals surface area contributed by atoms with Crippen LogP contribution in [0.3, 0.4) is 0 Å². The summed E-state index contributed by atoms with van der Waals surface area (Å²) in [5.41, 5.74) is 8.74. The highest BCUT2D eigenvalue weighted by atomic mass is 16.7. The van der Waals surface area contributed by atoms with Crippen LogP contribution in [0.4, 0.5) is 5.69 Å². The lowest BCUT2D eigenvalue weighted by Gasteiger charge is -2.32. The minimum absolute atomic E-state index is 0.338. The molecular formula is C20H22BNO3. The third kappa shape index (κ3) is 2.73. The summed E-state index contributed by atoms with van der Waals surface area (Å²) in [6.45, 7) is 8.23. The summed E-state index contributed by atoms with van der Waals surface area (Å²) in [6, 6.07) is 15.8. The molecule has 1 saturated heterocycles. The fourth-order valence-corrected chi connectivity index (χ4v) is 2.99. The Morgan fingerprint density at radius 3 is 2.12 bits per heavy atom. The largest absolute Gasteiger partial charge is 0.494 e. The van der Waals surface area contributed by atoms with E-state index < -0.39 is 0 Å². The number of hydrogen-bond donors (Lipinski definition) is 1. The van der Waals surface area contributed by atoms with Gasteiger partial charge >= 0.3 is 7.12 Å². The molecule has 0 aliphatic carbocycles. The van der Waals surface area contributed by atoms with Crippen LogP contribution in [0.25, 0.3) is 22.3 Å². The lowest BCUT2D eigenvalue weighted by Crippen LogP contribution is -2.41. The van der Waals surface area contributed by atoms with Gasteiger partial charge in [0.1, 0.15) is 11.3 Å². The highest BCUT2D eigenvalue weighted by Gasteiger charge is 2.51. The zero-order chi connectivity index (χ0) is 17.8. The molecule has 25 heavy (non-hydrogen) atoms. The molecule has 1 aliphatic heterocycles. The molecule has 3 aromatic rings. The Hall–Kier alpha value is -2.24. The molecule has 2 heterocycles. The normalized spacial score (nSPS) is 18.8. The van der Waals surface area contributed by atoms with E-state index in [1.807, 2.05) is 48.5 Å². The quantitative estimate of drug-likeness (QED) is 0.568. The second kappa shape index (κ2) is 5.38. The Kier molecular flexibility index (Phi) is 3.50. The number of fused-ring (bicyclic) bond motifs is 1. The second-order valence-electron chi connectivity index (χ2n) is 7.62. The van der Waals surface area contributed by atoms with Gasteiger partial charge < -0.3 is 19.5 Å². The van der Waals surface area contributed by atoms with Crippen molar-refractivity contribution in [3.05, 3.63) is 48.5 Å². The smallest absolute Gasteiger partial charge is 0.456 e. The first-order valence-corrected chi connectivity index (χ1v) is 8.50. The third-order valence-electron chi connectivity index (χ3n) is 5.26. The van der Waals surface area contributed by atoms with Gasteiger partial charge in [-0.1, -0.05) is 24.3 Å². The van der Waals surface area contributed by atoms with E-state index in [1.54, 1.807) is 0 Å². The summed E-state index contributed by atoms with van der Waals surface area (Å²) in [5.74, 6) is 0.820. The van der Waals surface area contributed by atoms with Crippen molar-refractivity contribution < 1.29 is 13.7 Å². The lowest BCUT2D eigenvalue weighted by atomic mass is 9.79. The minimum atomic E-state index is -0.352. The zero-order valence-electron chi connectivity index (χ0n) is 15.0. The van der Waals surface area contributed by atoms with Gasteiger partial charge in [0.15, 0.2) is 0 Å². The predicted molar refractivity (Wildman–Crippen MR) is 102 cm³/mol. The minimum Gasteiger partial charge on any atom is -0.456 e. The van der Waals surface area contributed by atoms with Crippen LogP contribution in [-0.4, -0.2) is 18.3 Å². The van der Waals surface area contributed by atoms with Gasteiger partial charge in [0.05, 0.1) is 11.2 Å². The topological polar surface area (TPSA) is 57.6 Å². The van der Waals surface area contributed by atoms with Crippen molar-refractivity contribution in [2.75, 3.05) is 5.73 Å². The van der Waals surface area contributed by atoms with Gasteiger partial charge in [0.2, 0.25) is 0 Å². The molecule has 0 unspecified atom stereocenters. The Labute approximate surface area is 148 Å². The van der Waals surface area contributed by atoms with Gasteiger partial charge in [0.25, 0.3) is 0 Å². The maximum absolute atomic E-state index is 6.10. The molecule has 2 aromatic carbocycles. The maximum Gasteiger partial charge on any atom is 0.494 e. The lowest BCUT2D eigenvalue weighted by molar-refractivity contribution is 0.00578. The van der Waals surface area contributed by atoms with Gasteiger partial charge in [0, 0.05) is 16.6 Å². The summed E-state index contributed by atoms with van der Waals surface area (Å²) in [4.78, 5) is 0. The second-order valence-corrected chi connectivity index (χ2v) is 7.62. The number of hydrogen-bond acceptors (Lipinski definition) is 4. The first-order chi connectivity index (χ1) is 11.7. The molecule has 2 N–H and O–H groups in total. The number of furan rings is 1. The standard InChI is InChI=1S/C20H22BNO3/c1-19(2)20(3,4)25-21(24-19)15-7-5-13(6-8-15)18-12-14-11-16(22)9-10-17(14)23-18/h5-12H,22H2,1-4H3. The monoisotopic (exact) mass is 335 g/mol. The van der Waals surface area contributed by atoms with Crippen molar-refractivity contribution >= 4 is 29.2 Å². The first-order valence-electron chi connectivity index (χ1n) is 8.50. The van der Waals surface area contributed by atoms with Crippen molar-refractivity contribution in [2.24, 2.45) is 0 Å². The Morgan fingerprint density at radius 2 is 1.48 bits per heavy atom. The highest BCUT2D eigenvalue weighted by Crippen LogP contribution is 2.36. The van der Waals surface area contributed by atoms with Crippen molar-refractivity contribution in [3.8, 4) is 11.3 Å². The van der Waals surface area contributed by atoms with Gasteiger partial charge in [-0.3, -0.25) is 0 Å². The van der Waals surface area contributed by atoms with Crippen LogP contribution in [0.2, 0.25) is 0 Å². The summed E-state index contributed by atoms with van der Waals surface area (Å²) in [7, 11) is -0.352. The average Bonchev–Trinajstić information content (AvgIpc) is 3.05. The Morgan fingerprint density at radius 1 is 0.840 bits per heavy atom. The predicted octanol–water partition coefficient (Wildman–Crippen LogP) is 3.98. The number of nitrogen functional groups attached to an aromatic ring is 1. The van der Waals surface area contributed by atoms with E-state index in [9.17, 15) is 0 Å². The Bertz CT molecular complexity index is 912. The number of benzene rings is 2. The van der Waals surface area contributed by atoms with Crippen molar-refractivity contribution in [2.45, 2.75) is 38.9 Å². The number of anilines is 1. The van der Waals surface area contributed by atoms with E-state index in [0.29, 0.717) is 0 Å². The molecule has 0 bridgehead atoms. The van der Waals surface area contributed by atoms with Crippen LogP contribution in [0, 0.1) is 0 Å². The van der Waals surface area contributed by atoms with Crippen LogP contribution in [0.15, 0.2) is 52.9 Å². The van der Waals surface area contributed by atoms with Gasteiger partial charge in [-0.05, 0) is 57.4 Å². The van der Waals surface area contributed by atoms with E-state index in [0.717, 1.165) is 33.4 Å². The molecule has 4 rings (SSSR count). The van der Waals surface area contributed by atoms with E-state index in [2.05, 4.69) is 27.7 Å². The molecule has 1 aliphatic rings. The van der Waals surface area contributed by atoms with Crippen molar-refractivity contribution in [3.63, 3.8) is 0 Å². The van der Waals surface area contributed by atoms with Crippen molar-refractivity contribution in [1.29, 1.82) is 0 Å². The highest BCUT2D eigenvalue weighted by molar-refractivity contribution is 6.62. The number of nitrogens with two attached hydrogens (primary N) is 1. The third-order valence-corrected chi connectivity index (χ3v) is 5.26. The summed E-state index contributed by atoms with van der Waals surface area (Å²) in [6.07, 6.45) is 0. The van der Waals surface area contributed by atoms with Crippen LogP contribution in [-0.2, 0) is 9.31 Å². The van der Waals surface area contributed by atoms with Gasteiger partial charge in [-0.25, -0.2) is 0 Å². The van der Waals surface area contributed by atoms with Crippen LogP contribution < -0.4 is 11.2 Å². The van der Waals surface area contributed by atoms with Crippen molar-refractivity contribution in [1.82, 2.24) is 0 Å². The molecule has 4 nitrogen and oxygen atoms in total. The average molecular weight is 335 g/mol. The first kappa shape index (κ1) is 16.2. The zero-order valence-corrected chi connectivity index (χ0v) is 15.0. The van der Waals surface area contributed by atoms with Crippen LogP contribution in [0.1, 0.15) is 27.7 Å². The molecule has 128 valence electrons. The van der Waals surface area contributed by atoms with E-state index >= 15 is 0 Å². The van der Waals surface area contributed by atoms with Gasteiger partial charge in [-0.2, -0.15) is 0 Å². The summed E-state index contributed by atoms with van der Waals surface area (Å²) < 4.78 is 18.1. The van der Waals surface area contributed by atoms with E-state index in [-0.39, 0.29) is 18.3 Å². The molecule has 0 amide bonds. The maximum atomic E-state index is 6.10. The van der Waals surface area contributed by atoms with Gasteiger partial charge in [-0.15, -0.1) is 0 Å². The molecule has 0 spiro atoms. The Balaban J connectivity index is 1.62. The molecule has 1 aromatic heterocycles. The molecular weight excluding hydrogens is 313 g/mol. The fraction of sp³-hybridized carbons (Fsp3) is 0.300. The summed E-state index contributed by atoms with van der Waals surface area (Å²) >= 11 is 0.